The lowest BCUT2D eigenvalue weighted by molar-refractivity contribution is 0.354. The number of benzene rings is 1. The number of nitrogens with zero attached hydrogens (tertiary/aromatic N) is 3. The Hall–Kier alpha value is -3.14. The van der Waals surface area contributed by atoms with Crippen molar-refractivity contribution in [2.75, 3.05) is 11.9 Å². The summed E-state index contributed by atoms with van der Waals surface area (Å²) in [4.78, 5) is 8.00. The van der Waals surface area contributed by atoms with E-state index in [4.69, 9.17) is 21.6 Å². The van der Waals surface area contributed by atoms with Crippen molar-refractivity contribution < 1.29 is 13.2 Å². The van der Waals surface area contributed by atoms with E-state index in [2.05, 4.69) is 21.2 Å². The maximum absolute atomic E-state index is 11.2. The molecule has 23 heavy (non-hydrogen) atoms. The summed E-state index contributed by atoms with van der Waals surface area (Å²) >= 11 is 0. The number of anilines is 2. The summed E-state index contributed by atoms with van der Waals surface area (Å²) in [6.07, 6.45) is 6.39. The van der Waals surface area contributed by atoms with Crippen molar-refractivity contribution in [3.63, 3.8) is 0 Å². The van der Waals surface area contributed by atoms with Crippen LogP contribution in [0.4, 0.5) is 11.6 Å². The second-order valence-electron chi connectivity index (χ2n) is 4.21. The van der Waals surface area contributed by atoms with Gasteiger partial charge in [-0.15, -0.1) is 6.42 Å². The topological polar surface area (TPSA) is 131 Å². The van der Waals surface area contributed by atoms with E-state index in [1.54, 1.807) is 0 Å². The van der Waals surface area contributed by atoms with Crippen LogP contribution in [0.25, 0.3) is 0 Å². The fourth-order valence-electron chi connectivity index (χ4n) is 1.58. The minimum absolute atomic E-state index is 0.0122. The SMILES string of the molecule is C#CCOc1nc(Nc2ccc(S(N)(=O)=O)cc2)ncc1C#N. The number of terminal acetylenes is 1. The van der Waals surface area contributed by atoms with Crippen molar-refractivity contribution in [2.24, 2.45) is 5.14 Å². The molecule has 1 aromatic carbocycles. The third-order valence-electron chi connectivity index (χ3n) is 2.61. The molecule has 3 N–H and O–H groups in total. The summed E-state index contributed by atoms with van der Waals surface area (Å²) in [5, 5.41) is 16.8. The highest BCUT2D eigenvalue weighted by Gasteiger charge is 2.10. The number of hydrogen-bond donors (Lipinski definition) is 2. The average Bonchev–Trinajstić information content (AvgIpc) is 2.53. The summed E-state index contributed by atoms with van der Waals surface area (Å²) in [6, 6.07) is 7.59. The van der Waals surface area contributed by atoms with Crippen LogP contribution >= 0.6 is 0 Å². The number of ether oxygens (including phenoxy) is 1. The van der Waals surface area contributed by atoms with Crippen molar-refractivity contribution in [3.8, 4) is 24.3 Å². The van der Waals surface area contributed by atoms with Gasteiger partial charge in [-0.05, 0) is 24.3 Å². The zero-order chi connectivity index (χ0) is 16.9. The fourth-order valence-corrected chi connectivity index (χ4v) is 2.10. The minimum Gasteiger partial charge on any atom is -0.463 e. The van der Waals surface area contributed by atoms with Crippen LogP contribution in [0.5, 0.6) is 5.88 Å². The van der Waals surface area contributed by atoms with Gasteiger partial charge >= 0.3 is 0 Å². The Morgan fingerprint density at radius 2 is 2.04 bits per heavy atom. The fraction of sp³-hybridized carbons (Fsp3) is 0.0714. The molecule has 0 spiro atoms. The van der Waals surface area contributed by atoms with Crippen molar-refractivity contribution in [1.82, 2.24) is 9.97 Å². The standard InChI is InChI=1S/C14H11N5O3S/c1-2-7-22-13-10(8-15)9-17-14(19-13)18-11-3-5-12(6-4-11)23(16,20)21/h1,3-6,9H,7H2,(H2,16,20,21)(H,17,18,19). The number of nitriles is 1. The molecule has 0 radical (unpaired) electrons. The molecule has 116 valence electrons. The first-order valence-corrected chi connectivity index (χ1v) is 7.72. The summed E-state index contributed by atoms with van der Waals surface area (Å²) < 4.78 is 27.5. The minimum atomic E-state index is -3.75. The number of hydrogen-bond acceptors (Lipinski definition) is 7. The van der Waals surface area contributed by atoms with E-state index in [1.165, 1.54) is 30.5 Å². The molecular weight excluding hydrogens is 318 g/mol. The maximum atomic E-state index is 11.2. The van der Waals surface area contributed by atoms with Crippen LogP contribution in [0.15, 0.2) is 35.4 Å². The number of aromatic nitrogens is 2. The highest BCUT2D eigenvalue weighted by Crippen LogP contribution is 2.19. The molecule has 0 atom stereocenters. The average molecular weight is 329 g/mol. The first-order chi connectivity index (χ1) is 10.9. The lowest BCUT2D eigenvalue weighted by Gasteiger charge is -2.08. The summed E-state index contributed by atoms with van der Waals surface area (Å²) in [5.74, 6) is 2.50. The molecular formula is C14H11N5O3S. The first kappa shape index (κ1) is 16.2. The smallest absolute Gasteiger partial charge is 0.238 e. The van der Waals surface area contributed by atoms with Gasteiger partial charge in [0.25, 0.3) is 0 Å². The zero-order valence-corrected chi connectivity index (χ0v) is 12.5. The molecule has 1 aromatic heterocycles. The van der Waals surface area contributed by atoms with Gasteiger partial charge in [0.15, 0.2) is 6.61 Å². The molecule has 0 saturated carbocycles. The molecule has 0 aliphatic heterocycles. The van der Waals surface area contributed by atoms with E-state index in [9.17, 15) is 8.42 Å². The Labute approximate surface area is 133 Å². The van der Waals surface area contributed by atoms with Crippen LogP contribution in [0.3, 0.4) is 0 Å². The zero-order valence-electron chi connectivity index (χ0n) is 11.7. The molecule has 0 aliphatic carbocycles. The summed E-state index contributed by atoms with van der Waals surface area (Å²) in [5.41, 5.74) is 0.681. The van der Waals surface area contributed by atoms with Crippen LogP contribution in [-0.4, -0.2) is 25.0 Å². The van der Waals surface area contributed by atoms with Crippen LogP contribution in [0.1, 0.15) is 5.56 Å². The number of nitrogens with two attached hydrogens (primary N) is 1. The Balaban J connectivity index is 2.23. The van der Waals surface area contributed by atoms with Gasteiger partial charge in [-0.25, -0.2) is 18.5 Å². The normalized spacial score (nSPS) is 10.4. The predicted molar refractivity (Wildman–Crippen MR) is 82.2 cm³/mol. The van der Waals surface area contributed by atoms with Crippen molar-refractivity contribution in [3.05, 3.63) is 36.0 Å². The van der Waals surface area contributed by atoms with Gasteiger partial charge in [0, 0.05) is 5.69 Å². The van der Waals surface area contributed by atoms with Gasteiger partial charge in [0.2, 0.25) is 21.9 Å². The third kappa shape index (κ3) is 4.17. The third-order valence-corrected chi connectivity index (χ3v) is 3.53. The van der Waals surface area contributed by atoms with Gasteiger partial charge in [0.05, 0.1) is 11.1 Å². The molecule has 0 saturated heterocycles. The van der Waals surface area contributed by atoms with E-state index < -0.39 is 10.0 Å². The van der Waals surface area contributed by atoms with Crippen molar-refractivity contribution in [2.45, 2.75) is 4.90 Å². The van der Waals surface area contributed by atoms with E-state index in [1.807, 2.05) is 6.07 Å². The van der Waals surface area contributed by atoms with E-state index in [-0.39, 0.29) is 28.9 Å². The van der Waals surface area contributed by atoms with E-state index in [0.717, 1.165) is 0 Å². The Kier molecular flexibility index (Phi) is 4.76. The first-order valence-electron chi connectivity index (χ1n) is 6.17. The molecule has 0 fully saturated rings. The molecule has 2 aromatic rings. The monoisotopic (exact) mass is 329 g/mol. The second-order valence-corrected chi connectivity index (χ2v) is 5.77. The second kappa shape index (κ2) is 6.75. The van der Waals surface area contributed by atoms with Gasteiger partial charge in [-0.3, -0.25) is 0 Å². The Morgan fingerprint density at radius 1 is 1.35 bits per heavy atom. The predicted octanol–water partition coefficient (Wildman–Crippen LogP) is 0.751. The highest BCUT2D eigenvalue weighted by atomic mass is 32.2. The van der Waals surface area contributed by atoms with Crippen LogP contribution in [0.2, 0.25) is 0 Å². The lowest BCUT2D eigenvalue weighted by atomic mass is 10.3. The van der Waals surface area contributed by atoms with Crippen LogP contribution < -0.4 is 15.2 Å². The van der Waals surface area contributed by atoms with Gasteiger partial charge < -0.3 is 10.1 Å². The van der Waals surface area contributed by atoms with Crippen LogP contribution in [0, 0.1) is 23.7 Å². The molecule has 8 nitrogen and oxygen atoms in total. The summed E-state index contributed by atoms with van der Waals surface area (Å²) in [7, 11) is -3.75. The molecule has 0 amide bonds. The number of nitrogens with one attached hydrogen (secondary N) is 1. The van der Waals surface area contributed by atoms with Crippen molar-refractivity contribution >= 4 is 21.7 Å². The van der Waals surface area contributed by atoms with Gasteiger partial charge in [-0.1, -0.05) is 5.92 Å². The van der Waals surface area contributed by atoms with Crippen LogP contribution in [-0.2, 0) is 10.0 Å². The number of rotatable bonds is 5. The Morgan fingerprint density at radius 3 is 2.61 bits per heavy atom. The maximum Gasteiger partial charge on any atom is 0.238 e. The molecule has 0 bridgehead atoms. The van der Waals surface area contributed by atoms with E-state index in [0.29, 0.717) is 5.69 Å². The number of sulfonamides is 1. The van der Waals surface area contributed by atoms with Crippen molar-refractivity contribution in [1.29, 1.82) is 5.26 Å². The molecule has 1 heterocycles. The molecule has 0 aliphatic rings. The van der Waals surface area contributed by atoms with E-state index >= 15 is 0 Å². The lowest BCUT2D eigenvalue weighted by Crippen LogP contribution is -2.11. The molecule has 9 heteroatoms. The quantitative estimate of drug-likeness (QED) is 0.774. The van der Waals surface area contributed by atoms with Gasteiger partial charge in [-0.2, -0.15) is 10.2 Å². The summed E-state index contributed by atoms with van der Waals surface area (Å²) in [6.45, 7) is -0.0335. The highest BCUT2D eigenvalue weighted by molar-refractivity contribution is 7.89. The molecule has 2 rings (SSSR count). The number of primary sulfonamides is 1. The molecule has 0 unspecified atom stereocenters. The van der Waals surface area contributed by atoms with Gasteiger partial charge in [0.1, 0.15) is 11.6 Å². The Bertz CT molecular complexity index is 895. The largest absolute Gasteiger partial charge is 0.463 e.